The standard InChI is InChI=1S/C31H43N7O3/c1-23-8-12-25(13-9-23)22-34-30-36-29(37-31(38-30)35-27-14-10-24(2)11-15-27)33-17-19-41-21-20-40-18-16-32-28(39)26-6-4-3-5-7-26/h3-9,12-13,24,27H,10-11,14-22H2,1-2H3,(H,32,39)(H3,33,34,35,36,37,38). The lowest BCUT2D eigenvalue weighted by atomic mass is 9.87. The molecule has 1 aliphatic rings. The first-order valence-corrected chi connectivity index (χ1v) is 14.6. The van der Waals surface area contributed by atoms with Crippen LogP contribution < -0.4 is 21.3 Å². The number of rotatable bonds is 16. The van der Waals surface area contributed by atoms with Gasteiger partial charge in [0.25, 0.3) is 5.91 Å². The van der Waals surface area contributed by atoms with Crippen LogP contribution >= 0.6 is 0 Å². The van der Waals surface area contributed by atoms with Crippen molar-refractivity contribution in [3.05, 3.63) is 71.3 Å². The molecule has 41 heavy (non-hydrogen) atoms. The van der Waals surface area contributed by atoms with Gasteiger partial charge in [0.1, 0.15) is 0 Å². The largest absolute Gasteiger partial charge is 0.377 e. The summed E-state index contributed by atoms with van der Waals surface area (Å²) in [7, 11) is 0. The highest BCUT2D eigenvalue weighted by Crippen LogP contribution is 2.25. The number of nitrogens with one attached hydrogen (secondary N) is 4. The van der Waals surface area contributed by atoms with Crippen molar-refractivity contribution >= 4 is 23.8 Å². The van der Waals surface area contributed by atoms with Gasteiger partial charge in [0.15, 0.2) is 0 Å². The van der Waals surface area contributed by atoms with Crippen LogP contribution in [0.15, 0.2) is 54.6 Å². The Morgan fingerprint density at radius 2 is 1.41 bits per heavy atom. The van der Waals surface area contributed by atoms with Crippen molar-refractivity contribution < 1.29 is 14.3 Å². The van der Waals surface area contributed by atoms with Gasteiger partial charge in [-0.15, -0.1) is 0 Å². The van der Waals surface area contributed by atoms with E-state index in [2.05, 4.69) is 74.3 Å². The van der Waals surface area contributed by atoms with E-state index in [1.54, 1.807) is 12.1 Å². The maximum absolute atomic E-state index is 12.0. The summed E-state index contributed by atoms with van der Waals surface area (Å²) in [5, 5.41) is 13.0. The lowest BCUT2D eigenvalue weighted by Gasteiger charge is -2.27. The molecule has 1 aliphatic carbocycles. The fraction of sp³-hybridized carbons (Fsp3) is 0.484. The van der Waals surface area contributed by atoms with E-state index in [1.165, 1.54) is 18.4 Å². The average molecular weight is 562 g/mol. The van der Waals surface area contributed by atoms with Crippen molar-refractivity contribution in [1.29, 1.82) is 0 Å². The molecule has 1 amide bonds. The molecule has 0 bridgehead atoms. The van der Waals surface area contributed by atoms with Crippen molar-refractivity contribution in [2.75, 3.05) is 55.5 Å². The van der Waals surface area contributed by atoms with E-state index in [0.717, 1.165) is 24.3 Å². The van der Waals surface area contributed by atoms with Gasteiger partial charge in [-0.3, -0.25) is 4.79 Å². The molecular formula is C31H43N7O3. The molecule has 10 heteroatoms. The molecule has 1 aromatic heterocycles. The Kier molecular flexibility index (Phi) is 12.1. The monoisotopic (exact) mass is 561 g/mol. The predicted octanol–water partition coefficient (Wildman–Crippen LogP) is 4.66. The Bertz CT molecular complexity index is 1190. The fourth-order valence-electron chi connectivity index (χ4n) is 4.56. The van der Waals surface area contributed by atoms with E-state index in [-0.39, 0.29) is 5.91 Å². The fourth-order valence-corrected chi connectivity index (χ4v) is 4.56. The van der Waals surface area contributed by atoms with E-state index >= 15 is 0 Å². The predicted molar refractivity (Wildman–Crippen MR) is 162 cm³/mol. The van der Waals surface area contributed by atoms with E-state index in [9.17, 15) is 4.79 Å². The third-order valence-corrected chi connectivity index (χ3v) is 7.03. The lowest BCUT2D eigenvalue weighted by Crippen LogP contribution is -2.27. The second kappa shape index (κ2) is 16.5. The molecule has 0 atom stereocenters. The second-order valence-corrected chi connectivity index (χ2v) is 10.5. The highest BCUT2D eigenvalue weighted by Gasteiger charge is 2.19. The summed E-state index contributed by atoms with van der Waals surface area (Å²) in [6, 6.07) is 17.9. The van der Waals surface area contributed by atoms with Gasteiger partial charge in [-0.05, 0) is 56.2 Å². The first-order valence-electron chi connectivity index (χ1n) is 14.6. The number of carbonyl (C=O) groups excluding carboxylic acids is 1. The van der Waals surface area contributed by atoms with Crippen molar-refractivity contribution in [3.63, 3.8) is 0 Å². The Morgan fingerprint density at radius 3 is 2.12 bits per heavy atom. The molecule has 220 valence electrons. The van der Waals surface area contributed by atoms with Crippen LogP contribution in [0.1, 0.15) is 54.1 Å². The molecule has 2 aromatic carbocycles. The zero-order valence-corrected chi connectivity index (χ0v) is 24.2. The Hall–Kier alpha value is -3.76. The average Bonchev–Trinajstić information content (AvgIpc) is 2.99. The Labute approximate surface area is 243 Å². The molecule has 10 nitrogen and oxygen atoms in total. The first-order chi connectivity index (χ1) is 20.0. The summed E-state index contributed by atoms with van der Waals surface area (Å²) in [4.78, 5) is 25.9. The molecule has 1 fully saturated rings. The minimum absolute atomic E-state index is 0.102. The van der Waals surface area contributed by atoms with E-state index in [0.29, 0.717) is 75.5 Å². The summed E-state index contributed by atoms with van der Waals surface area (Å²) in [6.45, 7) is 7.85. The smallest absolute Gasteiger partial charge is 0.251 e. The second-order valence-electron chi connectivity index (χ2n) is 10.5. The lowest BCUT2D eigenvalue weighted by molar-refractivity contribution is 0.0519. The molecule has 1 saturated carbocycles. The molecule has 0 saturated heterocycles. The van der Waals surface area contributed by atoms with Gasteiger partial charge >= 0.3 is 0 Å². The number of nitrogens with zero attached hydrogens (tertiary/aromatic N) is 3. The number of aryl methyl sites for hydroxylation is 1. The van der Waals surface area contributed by atoms with Gasteiger partial charge < -0.3 is 30.7 Å². The maximum Gasteiger partial charge on any atom is 0.251 e. The summed E-state index contributed by atoms with van der Waals surface area (Å²) in [6.07, 6.45) is 4.68. The molecule has 0 aliphatic heterocycles. The maximum atomic E-state index is 12.0. The topological polar surface area (TPSA) is 122 Å². The van der Waals surface area contributed by atoms with Gasteiger partial charge in [-0.2, -0.15) is 15.0 Å². The number of aromatic nitrogens is 3. The third kappa shape index (κ3) is 11.0. The minimum Gasteiger partial charge on any atom is -0.377 e. The molecule has 0 spiro atoms. The quantitative estimate of drug-likeness (QED) is 0.185. The van der Waals surface area contributed by atoms with Crippen molar-refractivity contribution in [1.82, 2.24) is 20.3 Å². The number of amides is 1. The van der Waals surface area contributed by atoms with Crippen LogP contribution in [0.4, 0.5) is 17.8 Å². The molecule has 1 heterocycles. The summed E-state index contributed by atoms with van der Waals surface area (Å²) in [5.41, 5.74) is 3.03. The van der Waals surface area contributed by atoms with Crippen LogP contribution in [0, 0.1) is 12.8 Å². The van der Waals surface area contributed by atoms with Crippen LogP contribution in [-0.2, 0) is 16.0 Å². The number of anilines is 3. The summed E-state index contributed by atoms with van der Waals surface area (Å²) < 4.78 is 11.2. The van der Waals surface area contributed by atoms with Crippen molar-refractivity contribution in [2.24, 2.45) is 5.92 Å². The van der Waals surface area contributed by atoms with Crippen LogP contribution in [0.2, 0.25) is 0 Å². The van der Waals surface area contributed by atoms with Crippen LogP contribution in [0.25, 0.3) is 0 Å². The van der Waals surface area contributed by atoms with Crippen LogP contribution in [0.3, 0.4) is 0 Å². The highest BCUT2D eigenvalue weighted by atomic mass is 16.5. The normalized spacial score (nSPS) is 16.6. The van der Waals surface area contributed by atoms with Gasteiger partial charge in [0, 0.05) is 31.2 Å². The van der Waals surface area contributed by atoms with Crippen LogP contribution in [-0.4, -0.2) is 66.4 Å². The number of hydrogen-bond acceptors (Lipinski definition) is 9. The van der Waals surface area contributed by atoms with Crippen molar-refractivity contribution in [2.45, 2.75) is 52.1 Å². The van der Waals surface area contributed by atoms with E-state index in [4.69, 9.17) is 9.47 Å². The summed E-state index contributed by atoms with van der Waals surface area (Å²) in [5.74, 6) is 2.30. The van der Waals surface area contributed by atoms with Crippen molar-refractivity contribution in [3.8, 4) is 0 Å². The van der Waals surface area contributed by atoms with Gasteiger partial charge in [0.2, 0.25) is 17.8 Å². The Balaban J connectivity index is 1.17. The number of carbonyl (C=O) groups is 1. The SMILES string of the molecule is Cc1ccc(CNc2nc(NCCOCCOCCNC(=O)c3ccccc3)nc(NC3CCC(C)CC3)n2)cc1. The molecule has 0 radical (unpaired) electrons. The third-order valence-electron chi connectivity index (χ3n) is 7.03. The Morgan fingerprint density at radius 1 is 0.780 bits per heavy atom. The molecular weight excluding hydrogens is 518 g/mol. The van der Waals surface area contributed by atoms with Gasteiger partial charge in [-0.25, -0.2) is 0 Å². The van der Waals surface area contributed by atoms with E-state index in [1.807, 2.05) is 18.2 Å². The zero-order chi connectivity index (χ0) is 28.7. The van der Waals surface area contributed by atoms with Crippen LogP contribution in [0.5, 0.6) is 0 Å². The first kappa shape index (κ1) is 30.2. The molecule has 4 N–H and O–H groups in total. The number of hydrogen-bond donors (Lipinski definition) is 4. The highest BCUT2D eigenvalue weighted by molar-refractivity contribution is 5.94. The van der Waals surface area contributed by atoms with Gasteiger partial charge in [-0.1, -0.05) is 55.0 Å². The van der Waals surface area contributed by atoms with E-state index < -0.39 is 0 Å². The number of benzene rings is 2. The molecule has 3 aromatic rings. The number of ether oxygens (including phenoxy) is 2. The minimum atomic E-state index is -0.102. The van der Waals surface area contributed by atoms with Gasteiger partial charge in [0.05, 0.1) is 26.4 Å². The summed E-state index contributed by atoms with van der Waals surface area (Å²) >= 11 is 0. The molecule has 0 unspecified atom stereocenters. The molecule has 4 rings (SSSR count). The zero-order valence-electron chi connectivity index (χ0n) is 24.2.